The lowest BCUT2D eigenvalue weighted by atomic mass is 10.0. The van der Waals surface area contributed by atoms with Crippen molar-refractivity contribution in [3.63, 3.8) is 0 Å². The van der Waals surface area contributed by atoms with E-state index in [4.69, 9.17) is 30.1 Å². The van der Waals surface area contributed by atoms with E-state index < -0.39 is 36.9 Å². The number of alkyl halides is 2. The maximum absolute atomic E-state index is 15.2. The Morgan fingerprint density at radius 3 is 2.16 bits per heavy atom. The topological polar surface area (TPSA) is 112 Å². The van der Waals surface area contributed by atoms with Crippen LogP contribution in [0, 0.1) is 0 Å². The monoisotopic (exact) mass is 652 g/mol. The molecule has 3 rings (SSSR count). The Bertz CT molecular complexity index is 1370. The van der Waals surface area contributed by atoms with E-state index in [-0.39, 0.29) is 32.8 Å². The molecule has 1 atom stereocenters. The molecule has 0 aliphatic rings. The zero-order valence-corrected chi connectivity index (χ0v) is 26.1. The molecule has 3 aromatic carbocycles. The van der Waals surface area contributed by atoms with Crippen molar-refractivity contribution in [3.05, 3.63) is 101 Å². The van der Waals surface area contributed by atoms with E-state index in [1.807, 2.05) is 6.07 Å². The average molecular weight is 653 g/mol. The summed E-state index contributed by atoms with van der Waals surface area (Å²) < 4.78 is 63.7. The third kappa shape index (κ3) is 10.3. The van der Waals surface area contributed by atoms with Crippen LogP contribution >= 0.6 is 19.2 Å². The lowest BCUT2D eigenvalue weighted by Gasteiger charge is -2.26. The van der Waals surface area contributed by atoms with Gasteiger partial charge in [-0.15, -0.1) is 0 Å². The molecule has 0 aliphatic carbocycles. The lowest BCUT2D eigenvalue weighted by Crippen LogP contribution is -2.48. The van der Waals surface area contributed by atoms with Gasteiger partial charge in [-0.25, -0.2) is 4.79 Å². The number of ether oxygens (including phenoxy) is 2. The number of carbonyl (C=O) groups is 2. The minimum absolute atomic E-state index is 0.00739. The summed E-state index contributed by atoms with van der Waals surface area (Å²) in [5, 5.41) is 5.91. The predicted molar refractivity (Wildman–Crippen MR) is 163 cm³/mol. The Balaban J connectivity index is 1.65. The van der Waals surface area contributed by atoms with Crippen molar-refractivity contribution in [2.75, 3.05) is 26.4 Å². The SMILES string of the molecule is CCOP(=O)(OCC)C(F)(F)c1ccc(CC(NC(=O)OCc2ccccc2)C(=O)NCCCOc2ccc(Cl)cc2)cc1. The molecule has 238 valence electrons. The van der Waals surface area contributed by atoms with E-state index in [9.17, 15) is 14.2 Å². The summed E-state index contributed by atoms with van der Waals surface area (Å²) in [5.41, 5.74) is -3.25. The fraction of sp³-hybridized carbons (Fsp3) is 0.355. The van der Waals surface area contributed by atoms with Crippen molar-refractivity contribution in [2.45, 2.75) is 45.0 Å². The van der Waals surface area contributed by atoms with Gasteiger partial charge in [0.2, 0.25) is 5.91 Å². The number of nitrogens with one attached hydrogen (secondary N) is 2. The summed E-state index contributed by atoms with van der Waals surface area (Å²) in [6.45, 7) is 3.01. The van der Waals surface area contributed by atoms with Crippen LogP contribution in [-0.4, -0.2) is 44.4 Å². The molecule has 2 amide bonds. The Labute approximate surface area is 260 Å². The molecule has 0 saturated carbocycles. The second kappa shape index (κ2) is 17.1. The summed E-state index contributed by atoms with van der Waals surface area (Å²) in [6.07, 6.45) is -0.380. The molecule has 1 unspecified atom stereocenters. The van der Waals surface area contributed by atoms with Crippen LogP contribution in [0.3, 0.4) is 0 Å². The molecule has 0 spiro atoms. The van der Waals surface area contributed by atoms with Gasteiger partial charge in [-0.3, -0.25) is 9.36 Å². The molecule has 0 saturated heterocycles. The van der Waals surface area contributed by atoms with Crippen LogP contribution < -0.4 is 15.4 Å². The van der Waals surface area contributed by atoms with Gasteiger partial charge >= 0.3 is 19.4 Å². The predicted octanol–water partition coefficient (Wildman–Crippen LogP) is 7.08. The molecule has 2 N–H and O–H groups in total. The standard InChI is InChI=1S/C31H36ClF2N2O7P/c1-3-42-44(39,43-4-2)31(33,34)25-13-11-23(12-14-25)21-28(36-30(38)41-22-24-9-6-5-7-10-24)29(37)35-19-8-20-40-27-17-15-26(32)16-18-27/h5-7,9-18,28H,3-4,8,19-22H2,1-2H3,(H,35,37)(H,36,38). The molecule has 0 radical (unpaired) electrons. The summed E-state index contributed by atoms with van der Waals surface area (Å²) >= 11 is 5.88. The largest absolute Gasteiger partial charge is 0.494 e. The number of amides is 2. The first-order valence-electron chi connectivity index (χ1n) is 14.1. The van der Waals surface area contributed by atoms with Gasteiger partial charge in [0.05, 0.1) is 19.8 Å². The molecule has 3 aromatic rings. The van der Waals surface area contributed by atoms with Crippen molar-refractivity contribution < 1.29 is 41.5 Å². The van der Waals surface area contributed by atoms with Gasteiger partial charge in [0.1, 0.15) is 18.4 Å². The average Bonchev–Trinajstić information content (AvgIpc) is 3.01. The van der Waals surface area contributed by atoms with Gasteiger partial charge < -0.3 is 29.2 Å². The molecule has 0 aromatic heterocycles. The fourth-order valence-electron chi connectivity index (χ4n) is 4.02. The van der Waals surface area contributed by atoms with Crippen LogP contribution in [-0.2, 0) is 41.8 Å². The summed E-state index contributed by atoms with van der Waals surface area (Å²) in [5.74, 6) is 0.133. The number of halogens is 3. The fourth-order valence-corrected chi connectivity index (χ4v) is 5.69. The van der Waals surface area contributed by atoms with Crippen molar-refractivity contribution in [1.82, 2.24) is 10.6 Å². The highest BCUT2D eigenvalue weighted by atomic mass is 35.5. The third-order valence-electron chi connectivity index (χ3n) is 6.21. The van der Waals surface area contributed by atoms with E-state index >= 15 is 8.78 Å². The smallest absolute Gasteiger partial charge is 0.408 e. The Morgan fingerprint density at radius 2 is 1.55 bits per heavy atom. The summed E-state index contributed by atoms with van der Waals surface area (Å²) in [7, 11) is -4.78. The number of hydrogen-bond acceptors (Lipinski definition) is 7. The zero-order chi connectivity index (χ0) is 32.0. The number of carbonyl (C=O) groups excluding carboxylic acids is 2. The molecule has 9 nitrogen and oxygen atoms in total. The quantitative estimate of drug-likeness (QED) is 0.118. The van der Waals surface area contributed by atoms with Gasteiger partial charge in [0, 0.05) is 23.6 Å². The van der Waals surface area contributed by atoms with E-state index in [0.29, 0.717) is 29.4 Å². The molecule has 0 bridgehead atoms. The molecule has 13 heteroatoms. The zero-order valence-electron chi connectivity index (χ0n) is 24.5. The van der Waals surface area contributed by atoms with Crippen LogP contribution in [0.25, 0.3) is 0 Å². The van der Waals surface area contributed by atoms with Crippen molar-refractivity contribution in [2.24, 2.45) is 0 Å². The highest BCUT2D eigenvalue weighted by Gasteiger charge is 2.54. The highest BCUT2D eigenvalue weighted by molar-refractivity contribution is 7.54. The molecule has 0 heterocycles. The molecule has 44 heavy (non-hydrogen) atoms. The maximum Gasteiger partial charge on any atom is 0.408 e. The van der Waals surface area contributed by atoms with Crippen LogP contribution in [0.1, 0.15) is 37.0 Å². The number of benzene rings is 3. The Kier molecular flexibility index (Phi) is 13.6. The van der Waals surface area contributed by atoms with Crippen LogP contribution in [0.2, 0.25) is 5.02 Å². The molecular formula is C31H36ClF2N2O7P. The first-order chi connectivity index (χ1) is 21.1. The number of rotatable bonds is 17. The van der Waals surface area contributed by atoms with Gasteiger partial charge in [0.15, 0.2) is 0 Å². The number of hydrogen-bond donors (Lipinski definition) is 2. The summed E-state index contributed by atoms with van der Waals surface area (Å²) in [4.78, 5) is 25.7. The summed E-state index contributed by atoms with van der Waals surface area (Å²) in [6, 6.07) is 19.7. The van der Waals surface area contributed by atoms with Crippen molar-refractivity contribution in [3.8, 4) is 5.75 Å². The van der Waals surface area contributed by atoms with Gasteiger partial charge in [0.25, 0.3) is 0 Å². The molecule has 0 fully saturated rings. The number of alkyl carbamates (subject to hydrolysis) is 1. The van der Waals surface area contributed by atoms with Gasteiger partial charge in [-0.05, 0) is 55.7 Å². The second-order valence-corrected chi connectivity index (χ2v) is 12.0. The maximum atomic E-state index is 15.2. The Morgan fingerprint density at radius 1 is 0.909 bits per heavy atom. The minimum atomic E-state index is -4.78. The van der Waals surface area contributed by atoms with Gasteiger partial charge in [-0.2, -0.15) is 8.78 Å². The highest BCUT2D eigenvalue weighted by Crippen LogP contribution is 2.66. The van der Waals surface area contributed by atoms with Crippen molar-refractivity contribution in [1.29, 1.82) is 0 Å². The lowest BCUT2D eigenvalue weighted by molar-refractivity contribution is -0.123. The van der Waals surface area contributed by atoms with E-state index in [1.165, 1.54) is 26.0 Å². The van der Waals surface area contributed by atoms with Crippen LogP contribution in [0.4, 0.5) is 13.6 Å². The van der Waals surface area contributed by atoms with E-state index in [1.54, 1.807) is 48.5 Å². The first-order valence-corrected chi connectivity index (χ1v) is 16.0. The first kappa shape index (κ1) is 35.0. The van der Waals surface area contributed by atoms with E-state index in [0.717, 1.165) is 17.7 Å². The Hall–Kier alpha value is -3.50. The normalized spacial score (nSPS) is 12.3. The van der Waals surface area contributed by atoms with E-state index in [2.05, 4.69) is 10.6 Å². The van der Waals surface area contributed by atoms with Crippen LogP contribution in [0.5, 0.6) is 5.75 Å². The minimum Gasteiger partial charge on any atom is -0.494 e. The molecular weight excluding hydrogens is 617 g/mol. The van der Waals surface area contributed by atoms with Crippen molar-refractivity contribution >= 4 is 31.2 Å². The van der Waals surface area contributed by atoms with Gasteiger partial charge in [-0.1, -0.05) is 66.2 Å². The molecule has 0 aliphatic heterocycles. The van der Waals surface area contributed by atoms with Crippen LogP contribution in [0.15, 0.2) is 78.9 Å². The third-order valence-corrected chi connectivity index (χ3v) is 8.60. The second-order valence-electron chi connectivity index (χ2n) is 9.48.